The van der Waals surface area contributed by atoms with E-state index in [1.807, 2.05) is 0 Å². The van der Waals surface area contributed by atoms with Crippen molar-refractivity contribution in [1.29, 1.82) is 0 Å². The van der Waals surface area contributed by atoms with Crippen LogP contribution in [0.1, 0.15) is 10.4 Å². The van der Waals surface area contributed by atoms with E-state index in [9.17, 15) is 14.9 Å². The zero-order chi connectivity index (χ0) is 13.0. The maximum Gasteiger partial charge on any atom is 0.283 e. The van der Waals surface area contributed by atoms with Crippen LogP contribution in [0.15, 0.2) is 29.8 Å². The number of hydrogen-bond acceptors (Lipinski definition) is 3. The van der Waals surface area contributed by atoms with E-state index < -0.39 is 10.8 Å². The Morgan fingerprint density at radius 3 is 2.71 bits per heavy atom. The van der Waals surface area contributed by atoms with Gasteiger partial charge in [-0.2, -0.15) is 0 Å². The molecule has 0 aliphatic heterocycles. The van der Waals surface area contributed by atoms with Gasteiger partial charge >= 0.3 is 0 Å². The van der Waals surface area contributed by atoms with Gasteiger partial charge in [-0.3, -0.25) is 14.9 Å². The van der Waals surface area contributed by atoms with E-state index in [1.165, 1.54) is 18.2 Å². The lowest BCUT2D eigenvalue weighted by molar-refractivity contribution is -0.385. The third-order valence-electron chi connectivity index (χ3n) is 1.86. The van der Waals surface area contributed by atoms with Crippen molar-refractivity contribution >= 4 is 34.8 Å². The molecule has 1 aromatic rings. The molecule has 0 heterocycles. The lowest BCUT2D eigenvalue weighted by Crippen LogP contribution is -2.25. The van der Waals surface area contributed by atoms with Gasteiger partial charge in [0.25, 0.3) is 11.6 Å². The molecule has 0 unspecified atom stereocenters. The standard InChI is InChI=1S/C10H8Cl2N2O3/c1-6(11)5-13-10(15)9-7(12)3-2-4-8(9)14(16)17/h2-4H,1,5H2,(H,13,15). The summed E-state index contributed by atoms with van der Waals surface area (Å²) >= 11 is 11.2. The molecule has 0 bridgehead atoms. The fraction of sp³-hybridized carbons (Fsp3) is 0.100. The molecule has 0 aliphatic rings. The summed E-state index contributed by atoms with van der Waals surface area (Å²) in [5, 5.41) is 13.3. The summed E-state index contributed by atoms with van der Waals surface area (Å²) in [5.41, 5.74) is -0.535. The molecule has 0 aromatic heterocycles. The number of benzene rings is 1. The van der Waals surface area contributed by atoms with Crippen LogP contribution in [0.2, 0.25) is 5.02 Å². The summed E-state index contributed by atoms with van der Waals surface area (Å²) < 4.78 is 0. The molecule has 1 N–H and O–H groups in total. The van der Waals surface area contributed by atoms with E-state index in [-0.39, 0.29) is 27.9 Å². The Morgan fingerprint density at radius 1 is 1.53 bits per heavy atom. The highest BCUT2D eigenvalue weighted by atomic mass is 35.5. The van der Waals surface area contributed by atoms with Crippen LogP contribution in [-0.2, 0) is 0 Å². The maximum absolute atomic E-state index is 11.7. The van der Waals surface area contributed by atoms with Gasteiger partial charge in [-0.05, 0) is 6.07 Å². The van der Waals surface area contributed by atoms with Crippen molar-refractivity contribution in [2.24, 2.45) is 0 Å². The van der Waals surface area contributed by atoms with Crippen molar-refractivity contribution in [3.05, 3.63) is 50.5 Å². The average molecular weight is 275 g/mol. The molecule has 0 saturated heterocycles. The highest BCUT2D eigenvalue weighted by Crippen LogP contribution is 2.25. The minimum Gasteiger partial charge on any atom is -0.347 e. The highest BCUT2D eigenvalue weighted by Gasteiger charge is 2.22. The number of hydrogen-bond donors (Lipinski definition) is 1. The van der Waals surface area contributed by atoms with Crippen LogP contribution in [0.25, 0.3) is 0 Å². The number of rotatable bonds is 4. The van der Waals surface area contributed by atoms with E-state index in [1.54, 1.807) is 0 Å². The van der Waals surface area contributed by atoms with Gasteiger partial charge in [-0.25, -0.2) is 0 Å². The quantitative estimate of drug-likeness (QED) is 0.678. The van der Waals surface area contributed by atoms with Crippen molar-refractivity contribution in [3.63, 3.8) is 0 Å². The Balaban J connectivity index is 3.07. The van der Waals surface area contributed by atoms with Gasteiger partial charge in [0.1, 0.15) is 5.56 Å². The van der Waals surface area contributed by atoms with Crippen LogP contribution in [0, 0.1) is 10.1 Å². The third-order valence-corrected chi connectivity index (χ3v) is 2.30. The lowest BCUT2D eigenvalue weighted by Gasteiger charge is -2.06. The third kappa shape index (κ3) is 3.44. The molecule has 0 spiro atoms. The Kier molecular flexibility index (Phi) is 4.48. The second-order valence-electron chi connectivity index (χ2n) is 3.09. The molecule has 0 saturated carbocycles. The molecule has 5 nitrogen and oxygen atoms in total. The first-order chi connectivity index (χ1) is 7.93. The van der Waals surface area contributed by atoms with Crippen LogP contribution in [0.5, 0.6) is 0 Å². The number of halogens is 2. The molecule has 1 rings (SSSR count). The van der Waals surface area contributed by atoms with Gasteiger partial charge < -0.3 is 5.32 Å². The molecule has 0 aliphatic carbocycles. The first-order valence-electron chi connectivity index (χ1n) is 4.48. The molecule has 1 aromatic carbocycles. The maximum atomic E-state index is 11.7. The van der Waals surface area contributed by atoms with Gasteiger partial charge in [-0.15, -0.1) is 0 Å². The van der Waals surface area contributed by atoms with Crippen molar-refractivity contribution in [1.82, 2.24) is 5.32 Å². The molecule has 17 heavy (non-hydrogen) atoms. The summed E-state index contributed by atoms with van der Waals surface area (Å²) in [6.07, 6.45) is 0. The monoisotopic (exact) mass is 274 g/mol. The van der Waals surface area contributed by atoms with Crippen LogP contribution < -0.4 is 5.32 Å². The molecule has 0 atom stereocenters. The summed E-state index contributed by atoms with van der Waals surface area (Å²) in [4.78, 5) is 21.8. The zero-order valence-electron chi connectivity index (χ0n) is 8.57. The molecule has 0 fully saturated rings. The number of amides is 1. The molecule has 0 radical (unpaired) electrons. The molecular weight excluding hydrogens is 267 g/mol. The van der Waals surface area contributed by atoms with Gasteiger partial charge in [0, 0.05) is 11.1 Å². The minimum atomic E-state index is -0.670. The van der Waals surface area contributed by atoms with Crippen molar-refractivity contribution < 1.29 is 9.72 Å². The second-order valence-corrected chi connectivity index (χ2v) is 4.03. The van der Waals surface area contributed by atoms with Crippen LogP contribution in [-0.4, -0.2) is 17.4 Å². The van der Waals surface area contributed by atoms with Crippen LogP contribution in [0.4, 0.5) is 5.69 Å². The molecular formula is C10H8Cl2N2O3. The normalized spacial score (nSPS) is 9.76. The topological polar surface area (TPSA) is 72.2 Å². The number of carbonyl (C=O) groups excluding carboxylic acids is 1. The first kappa shape index (κ1) is 13.5. The van der Waals surface area contributed by atoms with Gasteiger partial charge in [0.05, 0.1) is 16.5 Å². The summed E-state index contributed by atoms with van der Waals surface area (Å²) in [5.74, 6) is -0.663. The largest absolute Gasteiger partial charge is 0.347 e. The second kappa shape index (κ2) is 5.65. The minimum absolute atomic E-state index is 0.0110. The van der Waals surface area contributed by atoms with Crippen LogP contribution >= 0.6 is 23.2 Å². The highest BCUT2D eigenvalue weighted by molar-refractivity contribution is 6.34. The number of nitrogens with one attached hydrogen (secondary N) is 1. The SMILES string of the molecule is C=C(Cl)CNC(=O)c1c(Cl)cccc1[N+](=O)[O-]. The average Bonchev–Trinajstić information content (AvgIpc) is 2.25. The Hall–Kier alpha value is -1.59. The number of nitrogens with zero attached hydrogens (tertiary/aromatic N) is 1. The van der Waals surface area contributed by atoms with E-state index in [0.29, 0.717) is 0 Å². The Labute approximate surface area is 107 Å². The summed E-state index contributed by atoms with van der Waals surface area (Å²) in [6, 6.07) is 4.01. The van der Waals surface area contributed by atoms with Crippen molar-refractivity contribution in [2.75, 3.05) is 6.54 Å². The zero-order valence-corrected chi connectivity index (χ0v) is 10.1. The predicted octanol–water partition coefficient (Wildman–Crippen LogP) is 2.73. The van der Waals surface area contributed by atoms with E-state index in [0.717, 1.165) is 0 Å². The molecule has 7 heteroatoms. The fourth-order valence-electron chi connectivity index (χ4n) is 1.15. The first-order valence-corrected chi connectivity index (χ1v) is 5.23. The van der Waals surface area contributed by atoms with E-state index >= 15 is 0 Å². The van der Waals surface area contributed by atoms with E-state index in [2.05, 4.69) is 11.9 Å². The molecule has 90 valence electrons. The predicted molar refractivity (Wildman–Crippen MR) is 65.4 cm³/mol. The summed E-state index contributed by atoms with van der Waals surface area (Å²) in [7, 11) is 0. The van der Waals surface area contributed by atoms with Crippen LogP contribution in [0.3, 0.4) is 0 Å². The Morgan fingerprint density at radius 2 is 2.18 bits per heavy atom. The number of nitro benzene ring substituents is 1. The lowest BCUT2D eigenvalue weighted by atomic mass is 10.1. The fourth-order valence-corrected chi connectivity index (χ4v) is 1.48. The van der Waals surface area contributed by atoms with Crippen molar-refractivity contribution in [3.8, 4) is 0 Å². The smallest absolute Gasteiger partial charge is 0.283 e. The summed E-state index contributed by atoms with van der Waals surface area (Å²) in [6.45, 7) is 3.40. The van der Waals surface area contributed by atoms with Gasteiger partial charge in [-0.1, -0.05) is 35.8 Å². The van der Waals surface area contributed by atoms with Crippen molar-refractivity contribution in [2.45, 2.75) is 0 Å². The van der Waals surface area contributed by atoms with E-state index in [4.69, 9.17) is 23.2 Å². The van der Waals surface area contributed by atoms with Gasteiger partial charge in [0.2, 0.25) is 0 Å². The molecule has 1 amide bonds. The van der Waals surface area contributed by atoms with Gasteiger partial charge in [0.15, 0.2) is 0 Å². The number of carbonyl (C=O) groups is 1. The Bertz CT molecular complexity index is 488. The number of nitro groups is 1.